The average molecular weight is 388 g/mol. The van der Waals surface area contributed by atoms with Crippen LogP contribution in [0.3, 0.4) is 0 Å². The van der Waals surface area contributed by atoms with E-state index in [1.54, 1.807) is 12.1 Å². The Labute approximate surface area is 128 Å². The van der Waals surface area contributed by atoms with Crippen LogP contribution in [0.2, 0.25) is 0 Å². The van der Waals surface area contributed by atoms with Crippen molar-refractivity contribution in [1.29, 1.82) is 0 Å². The molecule has 0 radical (unpaired) electrons. The van der Waals surface area contributed by atoms with Gasteiger partial charge in [0.15, 0.2) is 0 Å². The molecule has 1 atom stereocenters. The summed E-state index contributed by atoms with van der Waals surface area (Å²) in [6, 6.07) is 12.4. The number of nitrogens with two attached hydrogens (primary N) is 1. The second-order valence-electron chi connectivity index (χ2n) is 4.22. The van der Waals surface area contributed by atoms with Gasteiger partial charge >= 0.3 is 0 Å². The van der Waals surface area contributed by atoms with Crippen LogP contribution in [-0.2, 0) is 6.42 Å². The van der Waals surface area contributed by atoms with E-state index >= 15 is 0 Å². The van der Waals surface area contributed by atoms with Crippen LogP contribution in [-0.4, -0.2) is 0 Å². The van der Waals surface area contributed by atoms with E-state index in [0.717, 1.165) is 20.1 Å². The Hall–Kier alpha value is -0.750. The summed E-state index contributed by atoms with van der Waals surface area (Å²) in [4.78, 5) is 0. The molecule has 0 saturated heterocycles. The van der Waals surface area contributed by atoms with Crippen molar-refractivity contribution in [2.24, 2.45) is 5.84 Å². The van der Waals surface area contributed by atoms with E-state index in [0.29, 0.717) is 6.42 Å². The van der Waals surface area contributed by atoms with Gasteiger partial charge in [0.2, 0.25) is 0 Å². The highest BCUT2D eigenvalue weighted by molar-refractivity contribution is 9.11. The zero-order valence-corrected chi connectivity index (χ0v) is 13.2. The summed E-state index contributed by atoms with van der Waals surface area (Å²) in [5.41, 5.74) is 4.89. The van der Waals surface area contributed by atoms with Gasteiger partial charge in [-0.1, -0.05) is 50.1 Å². The molecule has 3 N–H and O–H groups in total. The second kappa shape index (κ2) is 6.61. The lowest BCUT2D eigenvalue weighted by Crippen LogP contribution is -2.29. The fraction of sp³-hybridized carbons (Fsp3) is 0.143. The zero-order chi connectivity index (χ0) is 13.8. The normalized spacial score (nSPS) is 12.4. The largest absolute Gasteiger partial charge is 0.271 e. The van der Waals surface area contributed by atoms with Crippen molar-refractivity contribution in [2.75, 3.05) is 0 Å². The number of hydrazine groups is 1. The summed E-state index contributed by atoms with van der Waals surface area (Å²) in [6.45, 7) is 0. The molecule has 2 nitrogen and oxygen atoms in total. The number of halogens is 3. The first-order valence-electron chi connectivity index (χ1n) is 5.75. The minimum Gasteiger partial charge on any atom is -0.271 e. The number of nitrogens with one attached hydrogen (secondary N) is 1. The van der Waals surface area contributed by atoms with Crippen LogP contribution in [0.4, 0.5) is 4.39 Å². The SMILES string of the molecule is NNC(Cc1ccc(F)cc1)c1ccc(Br)cc1Br. The van der Waals surface area contributed by atoms with Gasteiger partial charge in [-0.2, -0.15) is 0 Å². The number of hydrogen-bond donors (Lipinski definition) is 2. The summed E-state index contributed by atoms with van der Waals surface area (Å²) in [7, 11) is 0. The van der Waals surface area contributed by atoms with Crippen molar-refractivity contribution < 1.29 is 4.39 Å². The van der Waals surface area contributed by atoms with Crippen LogP contribution in [0.1, 0.15) is 17.2 Å². The molecule has 100 valence electrons. The molecule has 5 heteroatoms. The Morgan fingerprint density at radius 2 is 1.79 bits per heavy atom. The van der Waals surface area contributed by atoms with Gasteiger partial charge in [0.05, 0.1) is 6.04 Å². The Bertz CT molecular complexity index is 558. The molecule has 0 aliphatic carbocycles. The van der Waals surface area contributed by atoms with Crippen LogP contribution in [0, 0.1) is 5.82 Å². The maximum absolute atomic E-state index is 12.9. The predicted molar refractivity (Wildman–Crippen MR) is 82.0 cm³/mol. The highest BCUT2D eigenvalue weighted by atomic mass is 79.9. The van der Waals surface area contributed by atoms with Crippen molar-refractivity contribution in [2.45, 2.75) is 12.5 Å². The monoisotopic (exact) mass is 386 g/mol. The van der Waals surface area contributed by atoms with Gasteiger partial charge in [0, 0.05) is 8.95 Å². The highest BCUT2D eigenvalue weighted by Crippen LogP contribution is 2.28. The molecule has 2 rings (SSSR count). The molecule has 0 bridgehead atoms. The van der Waals surface area contributed by atoms with Crippen LogP contribution < -0.4 is 11.3 Å². The molecule has 0 aromatic heterocycles. The van der Waals surface area contributed by atoms with Crippen molar-refractivity contribution in [3.05, 3.63) is 68.4 Å². The molecule has 0 fully saturated rings. The quantitative estimate of drug-likeness (QED) is 0.612. The topological polar surface area (TPSA) is 38.0 Å². The third kappa shape index (κ3) is 3.86. The smallest absolute Gasteiger partial charge is 0.123 e. The molecular weight excluding hydrogens is 375 g/mol. The summed E-state index contributed by atoms with van der Waals surface area (Å²) >= 11 is 6.95. The van der Waals surface area contributed by atoms with E-state index in [2.05, 4.69) is 37.3 Å². The van der Waals surface area contributed by atoms with E-state index in [1.165, 1.54) is 12.1 Å². The first-order chi connectivity index (χ1) is 9.10. The summed E-state index contributed by atoms with van der Waals surface area (Å²) < 4.78 is 14.9. The summed E-state index contributed by atoms with van der Waals surface area (Å²) in [5.74, 6) is 5.40. The minimum atomic E-state index is -0.231. The standard InChI is InChI=1S/C14H13Br2FN2/c15-10-3-6-12(13(16)8-10)14(19-18)7-9-1-4-11(17)5-2-9/h1-6,8,14,19H,7,18H2. The lowest BCUT2D eigenvalue weighted by molar-refractivity contribution is 0.549. The van der Waals surface area contributed by atoms with Gasteiger partial charge < -0.3 is 0 Å². The van der Waals surface area contributed by atoms with Crippen molar-refractivity contribution in [3.8, 4) is 0 Å². The van der Waals surface area contributed by atoms with Gasteiger partial charge in [0.1, 0.15) is 5.82 Å². The number of benzene rings is 2. The van der Waals surface area contributed by atoms with E-state index < -0.39 is 0 Å². The lowest BCUT2D eigenvalue weighted by atomic mass is 9.99. The highest BCUT2D eigenvalue weighted by Gasteiger charge is 2.14. The van der Waals surface area contributed by atoms with Gasteiger partial charge in [0.25, 0.3) is 0 Å². The third-order valence-electron chi connectivity index (χ3n) is 2.89. The van der Waals surface area contributed by atoms with Gasteiger partial charge in [-0.3, -0.25) is 11.3 Å². The molecule has 0 aliphatic rings. The molecule has 0 aliphatic heterocycles. The Morgan fingerprint density at radius 3 is 2.37 bits per heavy atom. The molecule has 0 saturated carbocycles. The van der Waals surface area contributed by atoms with Gasteiger partial charge in [-0.15, -0.1) is 0 Å². The molecule has 2 aromatic rings. The molecule has 2 aromatic carbocycles. The zero-order valence-electron chi connectivity index (χ0n) is 10.0. The van der Waals surface area contributed by atoms with E-state index in [4.69, 9.17) is 5.84 Å². The van der Waals surface area contributed by atoms with Crippen LogP contribution >= 0.6 is 31.9 Å². The fourth-order valence-corrected chi connectivity index (χ4v) is 3.22. The Balaban J connectivity index is 2.22. The predicted octanol–water partition coefficient (Wildman–Crippen LogP) is 4.10. The Morgan fingerprint density at radius 1 is 1.11 bits per heavy atom. The van der Waals surface area contributed by atoms with Crippen molar-refractivity contribution in [3.63, 3.8) is 0 Å². The number of rotatable bonds is 4. The molecule has 0 spiro atoms. The third-order valence-corrected chi connectivity index (χ3v) is 4.07. The maximum Gasteiger partial charge on any atom is 0.123 e. The minimum absolute atomic E-state index is 0.0343. The second-order valence-corrected chi connectivity index (χ2v) is 5.99. The average Bonchev–Trinajstić information content (AvgIpc) is 2.39. The van der Waals surface area contributed by atoms with Crippen molar-refractivity contribution in [1.82, 2.24) is 5.43 Å². The molecule has 0 amide bonds. The van der Waals surface area contributed by atoms with Crippen LogP contribution in [0.15, 0.2) is 51.4 Å². The lowest BCUT2D eigenvalue weighted by Gasteiger charge is -2.18. The molecule has 1 unspecified atom stereocenters. The van der Waals surface area contributed by atoms with E-state index in [-0.39, 0.29) is 11.9 Å². The van der Waals surface area contributed by atoms with Crippen molar-refractivity contribution >= 4 is 31.9 Å². The molecule has 19 heavy (non-hydrogen) atoms. The Kier molecular flexibility index (Phi) is 5.10. The molecular formula is C14H13Br2FN2. The fourth-order valence-electron chi connectivity index (χ4n) is 1.90. The van der Waals surface area contributed by atoms with Crippen LogP contribution in [0.25, 0.3) is 0 Å². The van der Waals surface area contributed by atoms with E-state index in [9.17, 15) is 4.39 Å². The van der Waals surface area contributed by atoms with Gasteiger partial charge in [-0.05, 0) is 41.8 Å². The summed E-state index contributed by atoms with van der Waals surface area (Å²) in [5, 5.41) is 0. The summed E-state index contributed by atoms with van der Waals surface area (Å²) in [6.07, 6.45) is 0.691. The molecule has 0 heterocycles. The van der Waals surface area contributed by atoms with E-state index in [1.807, 2.05) is 18.2 Å². The van der Waals surface area contributed by atoms with Gasteiger partial charge in [-0.25, -0.2) is 4.39 Å². The first-order valence-corrected chi connectivity index (χ1v) is 7.34. The first kappa shape index (κ1) is 14.7. The van der Waals surface area contributed by atoms with Crippen LogP contribution in [0.5, 0.6) is 0 Å². The maximum atomic E-state index is 12.9. The number of hydrogen-bond acceptors (Lipinski definition) is 2.